The Hall–Kier alpha value is -1.18. The lowest BCUT2D eigenvalue weighted by atomic mass is 9.78. The summed E-state index contributed by atoms with van der Waals surface area (Å²) < 4.78 is 23.6. The first kappa shape index (κ1) is 23.0. The average molecular weight is 434 g/mol. The summed E-state index contributed by atoms with van der Waals surface area (Å²) in [6.07, 6.45) is 5.13. The molecule has 0 N–H and O–H groups in total. The third-order valence-corrected chi connectivity index (χ3v) is 6.40. The first-order chi connectivity index (χ1) is 14.7. The van der Waals surface area contributed by atoms with Crippen molar-refractivity contribution in [1.82, 2.24) is 5.06 Å². The van der Waals surface area contributed by atoms with Crippen LogP contribution in [0.4, 0.5) is 0 Å². The van der Waals surface area contributed by atoms with Crippen LogP contribution in [0.2, 0.25) is 0 Å². The lowest BCUT2D eigenvalue weighted by Gasteiger charge is -2.56. The second kappa shape index (κ2) is 8.99. The summed E-state index contributed by atoms with van der Waals surface area (Å²) >= 11 is 0. The van der Waals surface area contributed by atoms with Crippen LogP contribution in [-0.2, 0) is 25.5 Å². The molecule has 1 aromatic rings. The number of epoxide rings is 1. The third-order valence-electron chi connectivity index (χ3n) is 6.40. The molecule has 4 rings (SSSR count). The summed E-state index contributed by atoms with van der Waals surface area (Å²) in [6.45, 7) is 13.9. The lowest BCUT2D eigenvalue weighted by Crippen LogP contribution is -2.65. The second-order valence-corrected chi connectivity index (χ2v) is 10.5. The fourth-order valence-electron chi connectivity index (χ4n) is 5.32. The zero-order chi connectivity index (χ0) is 22.1. The van der Waals surface area contributed by atoms with E-state index >= 15 is 0 Å². The molecule has 174 valence electrons. The molecule has 31 heavy (non-hydrogen) atoms. The van der Waals surface area contributed by atoms with Gasteiger partial charge in [-0.1, -0.05) is 25.5 Å². The third kappa shape index (κ3) is 5.60. The molecule has 0 aliphatic carbocycles. The number of ether oxygens (including phenoxy) is 4. The summed E-state index contributed by atoms with van der Waals surface area (Å²) in [5.74, 6) is 0.398. The van der Waals surface area contributed by atoms with E-state index in [9.17, 15) is 0 Å². The highest BCUT2D eigenvalue weighted by atomic mass is 16.7. The van der Waals surface area contributed by atoms with Crippen molar-refractivity contribution in [3.8, 4) is 5.75 Å². The summed E-state index contributed by atoms with van der Waals surface area (Å²) in [6, 6.07) is 8.28. The van der Waals surface area contributed by atoms with Crippen LogP contribution in [0, 0.1) is 0 Å². The molecule has 6 heteroatoms. The largest absolute Gasteiger partial charge is 0.491 e. The molecule has 1 spiro atoms. The van der Waals surface area contributed by atoms with Gasteiger partial charge in [-0.2, -0.15) is 5.06 Å². The van der Waals surface area contributed by atoms with Crippen molar-refractivity contribution < 1.29 is 23.8 Å². The van der Waals surface area contributed by atoms with Crippen molar-refractivity contribution >= 4 is 0 Å². The maximum atomic E-state index is 6.45. The molecule has 3 aliphatic heterocycles. The number of rotatable bonds is 9. The van der Waals surface area contributed by atoms with Crippen LogP contribution in [0.25, 0.3) is 0 Å². The standard InChI is InChI=1S/C25H39NO5/c1-6-7-21-16-29-25(31-21)17-23(2,3)26(24(4,5)18-25)30-13-12-19-8-10-20(11-9-19)27-14-22-15-28-22/h8-11,21-22H,6-7,12-18H2,1-5H3. The second-order valence-electron chi connectivity index (χ2n) is 10.5. The van der Waals surface area contributed by atoms with Gasteiger partial charge >= 0.3 is 0 Å². The Balaban J connectivity index is 1.31. The highest BCUT2D eigenvalue weighted by Gasteiger charge is 2.57. The van der Waals surface area contributed by atoms with E-state index in [1.165, 1.54) is 5.56 Å². The molecule has 3 saturated heterocycles. The number of piperidine rings is 1. The maximum absolute atomic E-state index is 6.45. The summed E-state index contributed by atoms with van der Waals surface area (Å²) in [4.78, 5) is 6.39. The molecule has 2 atom stereocenters. The summed E-state index contributed by atoms with van der Waals surface area (Å²) in [7, 11) is 0. The van der Waals surface area contributed by atoms with Crippen LogP contribution >= 0.6 is 0 Å². The van der Waals surface area contributed by atoms with Gasteiger partial charge < -0.3 is 18.9 Å². The van der Waals surface area contributed by atoms with E-state index < -0.39 is 5.79 Å². The summed E-state index contributed by atoms with van der Waals surface area (Å²) in [5, 5.41) is 2.18. The fraction of sp³-hybridized carbons (Fsp3) is 0.760. The zero-order valence-electron chi connectivity index (χ0n) is 19.8. The average Bonchev–Trinajstić information content (AvgIpc) is 3.45. The molecule has 0 aromatic heterocycles. The van der Waals surface area contributed by atoms with Gasteiger partial charge in [-0.3, -0.25) is 4.84 Å². The minimum atomic E-state index is -0.492. The smallest absolute Gasteiger partial charge is 0.172 e. The van der Waals surface area contributed by atoms with E-state index in [2.05, 4.69) is 51.8 Å². The first-order valence-corrected chi connectivity index (χ1v) is 11.8. The Morgan fingerprint density at radius 3 is 2.29 bits per heavy atom. The predicted octanol–water partition coefficient (Wildman–Crippen LogP) is 4.50. The van der Waals surface area contributed by atoms with Crippen molar-refractivity contribution in [2.24, 2.45) is 0 Å². The first-order valence-electron chi connectivity index (χ1n) is 11.8. The van der Waals surface area contributed by atoms with Gasteiger partial charge in [0, 0.05) is 23.9 Å². The number of nitrogens with zero attached hydrogens (tertiary/aromatic N) is 1. The molecule has 0 radical (unpaired) electrons. The van der Waals surface area contributed by atoms with Gasteiger partial charge in [-0.05, 0) is 58.2 Å². The Labute approximate surface area is 187 Å². The minimum Gasteiger partial charge on any atom is -0.491 e. The predicted molar refractivity (Wildman–Crippen MR) is 119 cm³/mol. The molecule has 0 amide bonds. The van der Waals surface area contributed by atoms with Gasteiger partial charge in [0.1, 0.15) is 18.5 Å². The van der Waals surface area contributed by atoms with Crippen molar-refractivity contribution in [3.05, 3.63) is 29.8 Å². The normalized spacial score (nSPS) is 28.7. The molecule has 0 saturated carbocycles. The SMILES string of the molecule is CCCC1COC2(CC(C)(C)N(OCCc3ccc(OCC4CO4)cc3)C(C)(C)C2)O1. The monoisotopic (exact) mass is 433 g/mol. The lowest BCUT2D eigenvalue weighted by molar-refractivity contribution is -0.337. The molecule has 2 unspecified atom stereocenters. The van der Waals surface area contributed by atoms with Gasteiger partial charge in [0.05, 0.1) is 25.9 Å². The van der Waals surface area contributed by atoms with Crippen LogP contribution in [0.15, 0.2) is 24.3 Å². The molecular formula is C25H39NO5. The highest BCUT2D eigenvalue weighted by molar-refractivity contribution is 5.27. The van der Waals surface area contributed by atoms with Gasteiger partial charge in [0.2, 0.25) is 0 Å². The van der Waals surface area contributed by atoms with E-state index in [1.54, 1.807) is 0 Å². The molecule has 0 bridgehead atoms. The topological polar surface area (TPSA) is 52.7 Å². The van der Waals surface area contributed by atoms with Gasteiger partial charge in [0.25, 0.3) is 0 Å². The van der Waals surface area contributed by atoms with Gasteiger partial charge in [-0.25, -0.2) is 0 Å². The molecular weight excluding hydrogens is 394 g/mol. The highest BCUT2D eigenvalue weighted by Crippen LogP contribution is 2.48. The van der Waals surface area contributed by atoms with Gasteiger partial charge in [0.15, 0.2) is 5.79 Å². The molecule has 3 aliphatic rings. The van der Waals surface area contributed by atoms with Crippen LogP contribution in [0.5, 0.6) is 5.75 Å². The van der Waals surface area contributed by atoms with Crippen LogP contribution in [0.1, 0.15) is 65.9 Å². The number of hydrogen-bond donors (Lipinski definition) is 0. The summed E-state index contributed by atoms with van der Waals surface area (Å²) in [5.41, 5.74) is 0.862. The Morgan fingerprint density at radius 1 is 1.00 bits per heavy atom. The van der Waals surface area contributed by atoms with E-state index in [0.29, 0.717) is 19.8 Å². The van der Waals surface area contributed by atoms with Crippen molar-refractivity contribution in [1.29, 1.82) is 0 Å². The van der Waals surface area contributed by atoms with Crippen LogP contribution < -0.4 is 4.74 Å². The zero-order valence-corrected chi connectivity index (χ0v) is 19.8. The van der Waals surface area contributed by atoms with Crippen LogP contribution in [0.3, 0.4) is 0 Å². The van der Waals surface area contributed by atoms with E-state index in [4.69, 9.17) is 23.8 Å². The van der Waals surface area contributed by atoms with E-state index in [0.717, 1.165) is 44.5 Å². The van der Waals surface area contributed by atoms with Crippen molar-refractivity contribution in [2.45, 2.75) is 95.8 Å². The van der Waals surface area contributed by atoms with E-state index in [-0.39, 0.29) is 23.3 Å². The quantitative estimate of drug-likeness (QED) is 0.535. The van der Waals surface area contributed by atoms with Crippen LogP contribution in [-0.4, -0.2) is 60.6 Å². The van der Waals surface area contributed by atoms with Gasteiger partial charge in [-0.15, -0.1) is 0 Å². The molecule has 3 heterocycles. The number of benzene rings is 1. The number of hydroxylamine groups is 2. The van der Waals surface area contributed by atoms with Crippen molar-refractivity contribution in [2.75, 3.05) is 26.4 Å². The molecule has 1 aromatic carbocycles. The Kier molecular flexibility index (Phi) is 6.67. The Morgan fingerprint density at radius 2 is 1.68 bits per heavy atom. The minimum absolute atomic E-state index is 0.189. The fourth-order valence-corrected chi connectivity index (χ4v) is 5.32. The van der Waals surface area contributed by atoms with Crippen molar-refractivity contribution in [3.63, 3.8) is 0 Å². The maximum Gasteiger partial charge on any atom is 0.172 e. The Bertz CT molecular complexity index is 710. The molecule has 3 fully saturated rings. The molecule has 6 nitrogen and oxygen atoms in total. The number of hydrogen-bond acceptors (Lipinski definition) is 6. The van der Waals surface area contributed by atoms with E-state index in [1.807, 2.05) is 12.1 Å².